The number of rotatable bonds is 3. The summed E-state index contributed by atoms with van der Waals surface area (Å²) in [5.41, 5.74) is 6.15. The average Bonchev–Trinajstić information content (AvgIpc) is 2.86. The lowest BCUT2D eigenvalue weighted by Gasteiger charge is -2.36. The van der Waals surface area contributed by atoms with Crippen LogP contribution in [0.25, 0.3) is 0 Å². The summed E-state index contributed by atoms with van der Waals surface area (Å²) in [7, 11) is 0. The van der Waals surface area contributed by atoms with Gasteiger partial charge in [-0.1, -0.05) is 25.5 Å². The molecule has 5 N–H and O–H groups in total. The molecule has 156 valence electrons. The molecule has 3 rings (SSSR count). The molecular formula is C21H28FN5O2. The molecule has 0 spiro atoms. The lowest BCUT2D eigenvalue weighted by molar-refractivity contribution is -0.132. The van der Waals surface area contributed by atoms with E-state index in [1.54, 1.807) is 32.9 Å². The molecule has 1 aliphatic heterocycles. The lowest BCUT2D eigenvalue weighted by atomic mass is 9.70. The van der Waals surface area contributed by atoms with Gasteiger partial charge >= 0.3 is 6.03 Å². The molecule has 1 heterocycles. The van der Waals surface area contributed by atoms with Gasteiger partial charge in [0.05, 0.1) is 17.8 Å². The number of nitrogens with zero attached hydrogens (tertiary/aromatic N) is 1. The number of carbonyl (C=O) groups is 2. The van der Waals surface area contributed by atoms with E-state index in [1.807, 2.05) is 6.92 Å². The van der Waals surface area contributed by atoms with Gasteiger partial charge in [0.1, 0.15) is 11.7 Å². The molecule has 1 aromatic rings. The van der Waals surface area contributed by atoms with Crippen molar-refractivity contribution in [1.29, 1.82) is 5.41 Å². The van der Waals surface area contributed by atoms with Crippen LogP contribution in [-0.4, -0.2) is 34.8 Å². The minimum Gasteiger partial charge on any atom is -0.400 e. The third kappa shape index (κ3) is 3.59. The summed E-state index contributed by atoms with van der Waals surface area (Å²) < 4.78 is 14.3. The predicted molar refractivity (Wildman–Crippen MR) is 110 cm³/mol. The van der Waals surface area contributed by atoms with E-state index in [1.165, 1.54) is 11.0 Å². The highest BCUT2D eigenvalue weighted by atomic mass is 19.1. The second-order valence-electron chi connectivity index (χ2n) is 8.65. The van der Waals surface area contributed by atoms with E-state index >= 15 is 0 Å². The molecule has 8 heteroatoms. The molecule has 29 heavy (non-hydrogen) atoms. The summed E-state index contributed by atoms with van der Waals surface area (Å²) in [5.74, 6) is -0.782. The Morgan fingerprint density at radius 3 is 2.48 bits per heavy atom. The maximum absolute atomic E-state index is 14.3. The van der Waals surface area contributed by atoms with Gasteiger partial charge in [-0.15, -0.1) is 0 Å². The third-order valence-electron chi connectivity index (χ3n) is 6.20. The first-order valence-corrected chi connectivity index (χ1v) is 9.70. The van der Waals surface area contributed by atoms with Gasteiger partial charge in [-0.3, -0.25) is 10.2 Å². The minimum absolute atomic E-state index is 0.0495. The van der Waals surface area contributed by atoms with Crippen molar-refractivity contribution in [3.05, 3.63) is 40.8 Å². The van der Waals surface area contributed by atoms with E-state index in [2.05, 4.69) is 10.6 Å². The van der Waals surface area contributed by atoms with Gasteiger partial charge in [0, 0.05) is 16.7 Å². The van der Waals surface area contributed by atoms with Gasteiger partial charge in [-0.25, -0.2) is 9.18 Å². The number of nitrogens with two attached hydrogens (primary N) is 1. The molecule has 0 aromatic heterocycles. The fourth-order valence-electron chi connectivity index (χ4n) is 3.70. The molecule has 1 fully saturated rings. The first-order chi connectivity index (χ1) is 13.5. The molecule has 0 radical (unpaired) electrons. The topological polar surface area (TPSA) is 111 Å². The summed E-state index contributed by atoms with van der Waals surface area (Å²) in [4.78, 5) is 26.7. The van der Waals surface area contributed by atoms with Crippen LogP contribution in [0.5, 0.6) is 0 Å². The highest BCUT2D eigenvalue weighted by Crippen LogP contribution is 2.40. The Kier molecular flexibility index (Phi) is 5.15. The first kappa shape index (κ1) is 20.8. The Hall–Kier alpha value is -2.90. The fourth-order valence-corrected chi connectivity index (χ4v) is 3.70. The number of anilines is 1. The van der Waals surface area contributed by atoms with Gasteiger partial charge in [0.15, 0.2) is 0 Å². The van der Waals surface area contributed by atoms with Crippen LogP contribution >= 0.6 is 0 Å². The third-order valence-corrected chi connectivity index (χ3v) is 6.20. The van der Waals surface area contributed by atoms with Gasteiger partial charge in [0.2, 0.25) is 5.91 Å². The standard InChI is InChI=1S/C21H28FN5O2/c1-12-7-5-8-14(15(12)22)25-19(29)27-11-13(16(23)20(27,2)3)17(24)26-18(28)21(4)9-6-10-21/h5,7-8H,6,9-11,23H2,1-4H3,(H,25,29)(H2,24,26,28). The van der Waals surface area contributed by atoms with E-state index in [-0.39, 0.29) is 24.0 Å². The van der Waals surface area contributed by atoms with Crippen LogP contribution in [0, 0.1) is 23.6 Å². The maximum atomic E-state index is 14.3. The molecule has 0 unspecified atom stereocenters. The zero-order chi connectivity index (χ0) is 21.6. The van der Waals surface area contributed by atoms with Crippen LogP contribution in [0.1, 0.15) is 45.6 Å². The summed E-state index contributed by atoms with van der Waals surface area (Å²) in [5, 5.41) is 13.6. The second kappa shape index (κ2) is 7.17. The number of amidine groups is 1. The van der Waals surface area contributed by atoms with Crippen LogP contribution in [0.3, 0.4) is 0 Å². The van der Waals surface area contributed by atoms with Crippen molar-refractivity contribution in [2.45, 2.75) is 52.5 Å². The van der Waals surface area contributed by atoms with Gasteiger partial charge < -0.3 is 21.3 Å². The molecule has 1 aromatic carbocycles. The Morgan fingerprint density at radius 2 is 1.90 bits per heavy atom. The second-order valence-corrected chi connectivity index (χ2v) is 8.65. The molecule has 0 atom stereocenters. The largest absolute Gasteiger partial charge is 0.400 e. The molecule has 1 aliphatic carbocycles. The molecular weight excluding hydrogens is 373 g/mol. The molecule has 1 saturated carbocycles. The van der Waals surface area contributed by atoms with Crippen molar-refractivity contribution in [3.8, 4) is 0 Å². The van der Waals surface area contributed by atoms with E-state index in [9.17, 15) is 14.0 Å². The molecule has 2 aliphatic rings. The maximum Gasteiger partial charge on any atom is 0.323 e. The fraction of sp³-hybridized carbons (Fsp3) is 0.476. The van der Waals surface area contributed by atoms with Crippen LogP contribution < -0.4 is 16.4 Å². The average molecular weight is 401 g/mol. The quantitative estimate of drug-likeness (QED) is 0.461. The number of amides is 3. The van der Waals surface area contributed by atoms with Crippen molar-refractivity contribution >= 4 is 23.5 Å². The molecule has 7 nitrogen and oxygen atoms in total. The summed E-state index contributed by atoms with van der Waals surface area (Å²) in [6.07, 6.45) is 2.59. The van der Waals surface area contributed by atoms with Crippen molar-refractivity contribution in [3.63, 3.8) is 0 Å². The zero-order valence-electron chi connectivity index (χ0n) is 17.3. The highest BCUT2D eigenvalue weighted by molar-refractivity contribution is 6.09. The SMILES string of the molecule is Cc1cccc(NC(=O)N2CC(C(=N)NC(=O)C3(C)CCC3)=C(N)C2(C)C)c1F. The number of nitrogens with one attached hydrogen (secondary N) is 3. The van der Waals surface area contributed by atoms with Crippen LogP contribution in [0.4, 0.5) is 14.9 Å². The van der Waals surface area contributed by atoms with E-state index in [0.717, 1.165) is 19.3 Å². The lowest BCUT2D eigenvalue weighted by Crippen LogP contribution is -2.48. The van der Waals surface area contributed by atoms with Crippen molar-refractivity contribution in [1.82, 2.24) is 10.2 Å². The summed E-state index contributed by atoms with van der Waals surface area (Å²) in [6.45, 7) is 7.06. The number of halogens is 1. The summed E-state index contributed by atoms with van der Waals surface area (Å²) in [6, 6.07) is 4.24. The molecule has 3 amide bonds. The van der Waals surface area contributed by atoms with Crippen LogP contribution in [0.2, 0.25) is 0 Å². The van der Waals surface area contributed by atoms with Gasteiger partial charge in [-0.05, 0) is 45.2 Å². The minimum atomic E-state index is -0.892. The zero-order valence-corrected chi connectivity index (χ0v) is 17.3. The van der Waals surface area contributed by atoms with E-state index in [0.29, 0.717) is 16.8 Å². The van der Waals surface area contributed by atoms with E-state index < -0.39 is 22.8 Å². The smallest absolute Gasteiger partial charge is 0.323 e. The van der Waals surface area contributed by atoms with Crippen LogP contribution in [0.15, 0.2) is 29.5 Å². The number of aryl methyl sites for hydroxylation is 1. The van der Waals surface area contributed by atoms with Gasteiger partial charge in [-0.2, -0.15) is 0 Å². The predicted octanol–water partition coefficient (Wildman–Crippen LogP) is 3.26. The number of hydrogen-bond donors (Lipinski definition) is 4. The highest BCUT2D eigenvalue weighted by Gasteiger charge is 2.44. The van der Waals surface area contributed by atoms with Crippen molar-refractivity contribution < 1.29 is 14.0 Å². The number of benzene rings is 1. The summed E-state index contributed by atoms with van der Waals surface area (Å²) >= 11 is 0. The number of carbonyl (C=O) groups excluding carboxylic acids is 2. The Morgan fingerprint density at radius 1 is 1.24 bits per heavy atom. The van der Waals surface area contributed by atoms with Crippen molar-refractivity contribution in [2.24, 2.45) is 11.1 Å². The van der Waals surface area contributed by atoms with Gasteiger partial charge in [0.25, 0.3) is 0 Å². The van der Waals surface area contributed by atoms with Crippen LogP contribution in [-0.2, 0) is 4.79 Å². The van der Waals surface area contributed by atoms with Crippen molar-refractivity contribution in [2.75, 3.05) is 11.9 Å². The Bertz CT molecular complexity index is 918. The number of hydrogen-bond acceptors (Lipinski definition) is 4. The van der Waals surface area contributed by atoms with E-state index in [4.69, 9.17) is 11.1 Å². The number of urea groups is 1. The molecule has 0 saturated heterocycles. The molecule has 0 bridgehead atoms. The normalized spacial score (nSPS) is 19.6. The Labute approximate surface area is 170 Å². The monoisotopic (exact) mass is 401 g/mol. The first-order valence-electron chi connectivity index (χ1n) is 9.70. The Balaban J connectivity index is 1.75.